The third kappa shape index (κ3) is 4.20. The standard InChI is InChI=1S/C12H24N2O/c1-9(2)4-5-12(15)14-7-10(3)6-11(13)8-14/h9-11H,4-8,13H2,1-3H3. The van der Waals surface area contributed by atoms with Crippen LogP contribution in [0.15, 0.2) is 0 Å². The van der Waals surface area contributed by atoms with Crippen molar-refractivity contribution in [3.05, 3.63) is 0 Å². The predicted molar refractivity (Wildman–Crippen MR) is 62.4 cm³/mol. The molecular weight excluding hydrogens is 188 g/mol. The predicted octanol–water partition coefficient (Wildman–Crippen LogP) is 1.62. The van der Waals surface area contributed by atoms with Gasteiger partial charge in [0.1, 0.15) is 0 Å². The third-order valence-electron chi connectivity index (χ3n) is 2.98. The number of hydrogen-bond acceptors (Lipinski definition) is 2. The molecule has 0 spiro atoms. The number of rotatable bonds is 3. The van der Waals surface area contributed by atoms with Crippen molar-refractivity contribution in [2.24, 2.45) is 17.6 Å². The Morgan fingerprint density at radius 1 is 1.47 bits per heavy atom. The maximum atomic E-state index is 11.9. The first-order valence-electron chi connectivity index (χ1n) is 6.02. The van der Waals surface area contributed by atoms with Gasteiger partial charge in [-0.3, -0.25) is 4.79 Å². The summed E-state index contributed by atoms with van der Waals surface area (Å²) in [6, 6.07) is 0.178. The van der Waals surface area contributed by atoms with Crippen molar-refractivity contribution in [1.29, 1.82) is 0 Å². The first kappa shape index (κ1) is 12.5. The molecule has 1 aliphatic heterocycles. The highest BCUT2D eigenvalue weighted by atomic mass is 16.2. The van der Waals surface area contributed by atoms with Gasteiger partial charge in [0, 0.05) is 25.6 Å². The van der Waals surface area contributed by atoms with Crippen LogP contribution in [0.25, 0.3) is 0 Å². The minimum absolute atomic E-state index is 0.178. The van der Waals surface area contributed by atoms with Crippen molar-refractivity contribution in [1.82, 2.24) is 4.90 Å². The van der Waals surface area contributed by atoms with Gasteiger partial charge in [-0.05, 0) is 24.7 Å². The highest BCUT2D eigenvalue weighted by Gasteiger charge is 2.25. The van der Waals surface area contributed by atoms with E-state index < -0.39 is 0 Å². The first-order valence-corrected chi connectivity index (χ1v) is 6.02. The second-order valence-corrected chi connectivity index (χ2v) is 5.33. The summed E-state index contributed by atoms with van der Waals surface area (Å²) in [7, 11) is 0. The van der Waals surface area contributed by atoms with E-state index >= 15 is 0 Å². The van der Waals surface area contributed by atoms with E-state index in [2.05, 4.69) is 20.8 Å². The lowest BCUT2D eigenvalue weighted by molar-refractivity contribution is -0.133. The van der Waals surface area contributed by atoms with Crippen molar-refractivity contribution in [3.8, 4) is 0 Å². The zero-order chi connectivity index (χ0) is 11.4. The molecule has 0 bridgehead atoms. The molecule has 2 N–H and O–H groups in total. The van der Waals surface area contributed by atoms with Crippen molar-refractivity contribution in [2.45, 2.75) is 46.1 Å². The average Bonchev–Trinajstić information content (AvgIpc) is 2.12. The lowest BCUT2D eigenvalue weighted by Crippen LogP contribution is -2.48. The van der Waals surface area contributed by atoms with E-state index in [0.29, 0.717) is 18.3 Å². The molecule has 1 fully saturated rings. The van der Waals surface area contributed by atoms with E-state index in [1.165, 1.54) is 0 Å². The van der Waals surface area contributed by atoms with Crippen LogP contribution in [0, 0.1) is 11.8 Å². The number of nitrogens with zero attached hydrogens (tertiary/aromatic N) is 1. The fourth-order valence-electron chi connectivity index (χ4n) is 2.17. The molecule has 3 heteroatoms. The van der Waals surface area contributed by atoms with Gasteiger partial charge in [0.25, 0.3) is 0 Å². The Bertz CT molecular complexity index is 206. The Labute approximate surface area is 93.0 Å². The van der Waals surface area contributed by atoms with Gasteiger partial charge in [0.05, 0.1) is 0 Å². The van der Waals surface area contributed by atoms with E-state index in [4.69, 9.17) is 5.73 Å². The molecule has 88 valence electrons. The first-order chi connectivity index (χ1) is 6.99. The van der Waals surface area contributed by atoms with Crippen LogP contribution in [0.2, 0.25) is 0 Å². The molecule has 15 heavy (non-hydrogen) atoms. The highest BCUT2D eigenvalue weighted by Crippen LogP contribution is 2.16. The average molecular weight is 212 g/mol. The zero-order valence-corrected chi connectivity index (χ0v) is 10.2. The van der Waals surface area contributed by atoms with Gasteiger partial charge in [0.2, 0.25) is 5.91 Å². The minimum atomic E-state index is 0.178. The van der Waals surface area contributed by atoms with Gasteiger partial charge in [-0.1, -0.05) is 20.8 Å². The molecule has 0 aromatic carbocycles. The molecule has 1 amide bonds. The number of piperidine rings is 1. The Kier molecular flexibility index (Phi) is 4.58. The van der Waals surface area contributed by atoms with Gasteiger partial charge in [0.15, 0.2) is 0 Å². The summed E-state index contributed by atoms with van der Waals surface area (Å²) in [5.41, 5.74) is 5.92. The number of carbonyl (C=O) groups excluding carboxylic acids is 1. The molecule has 0 saturated carbocycles. The number of amides is 1. The maximum absolute atomic E-state index is 11.9. The third-order valence-corrected chi connectivity index (χ3v) is 2.98. The maximum Gasteiger partial charge on any atom is 0.222 e. The molecule has 0 aromatic rings. The summed E-state index contributed by atoms with van der Waals surface area (Å²) in [6.45, 7) is 8.11. The molecule has 1 heterocycles. The quantitative estimate of drug-likeness (QED) is 0.772. The lowest BCUT2D eigenvalue weighted by Gasteiger charge is -2.35. The van der Waals surface area contributed by atoms with Crippen molar-refractivity contribution in [3.63, 3.8) is 0 Å². The molecule has 1 saturated heterocycles. The number of hydrogen-bond donors (Lipinski definition) is 1. The van der Waals surface area contributed by atoms with Crippen LogP contribution in [0.1, 0.15) is 40.0 Å². The summed E-state index contributed by atoms with van der Waals surface area (Å²) in [4.78, 5) is 13.8. The van der Waals surface area contributed by atoms with E-state index in [1.807, 2.05) is 4.90 Å². The summed E-state index contributed by atoms with van der Waals surface area (Å²) < 4.78 is 0. The van der Waals surface area contributed by atoms with E-state index in [9.17, 15) is 4.79 Å². The summed E-state index contributed by atoms with van der Waals surface area (Å²) >= 11 is 0. The normalized spacial score (nSPS) is 27.1. The Morgan fingerprint density at radius 3 is 2.67 bits per heavy atom. The fraction of sp³-hybridized carbons (Fsp3) is 0.917. The van der Waals surface area contributed by atoms with Gasteiger partial charge in [-0.2, -0.15) is 0 Å². The largest absolute Gasteiger partial charge is 0.341 e. The van der Waals surface area contributed by atoms with E-state index in [-0.39, 0.29) is 11.9 Å². The van der Waals surface area contributed by atoms with Gasteiger partial charge < -0.3 is 10.6 Å². The lowest BCUT2D eigenvalue weighted by atomic mass is 9.96. The highest BCUT2D eigenvalue weighted by molar-refractivity contribution is 5.76. The Balaban J connectivity index is 2.38. The van der Waals surface area contributed by atoms with Crippen LogP contribution in [-0.4, -0.2) is 29.9 Å². The summed E-state index contributed by atoms with van der Waals surface area (Å²) in [6.07, 6.45) is 2.71. The summed E-state index contributed by atoms with van der Waals surface area (Å²) in [5, 5.41) is 0. The SMILES string of the molecule is CC(C)CCC(=O)N1CC(C)CC(N)C1. The molecule has 1 rings (SSSR count). The van der Waals surface area contributed by atoms with Gasteiger partial charge in [-0.15, -0.1) is 0 Å². The van der Waals surface area contributed by atoms with Gasteiger partial charge >= 0.3 is 0 Å². The molecule has 1 aliphatic rings. The van der Waals surface area contributed by atoms with Crippen LogP contribution < -0.4 is 5.73 Å². The van der Waals surface area contributed by atoms with Crippen LogP contribution in [0.3, 0.4) is 0 Å². The second kappa shape index (κ2) is 5.50. The van der Waals surface area contributed by atoms with Crippen LogP contribution >= 0.6 is 0 Å². The molecular formula is C12H24N2O. The molecule has 0 aliphatic carbocycles. The van der Waals surface area contributed by atoms with Crippen molar-refractivity contribution in [2.75, 3.05) is 13.1 Å². The Morgan fingerprint density at radius 2 is 2.13 bits per heavy atom. The number of likely N-dealkylation sites (tertiary alicyclic amines) is 1. The molecule has 0 aromatic heterocycles. The van der Waals surface area contributed by atoms with Crippen LogP contribution in [0.5, 0.6) is 0 Å². The van der Waals surface area contributed by atoms with Crippen molar-refractivity contribution < 1.29 is 4.79 Å². The summed E-state index contributed by atoms with van der Waals surface area (Å²) in [5.74, 6) is 1.44. The molecule has 2 atom stereocenters. The smallest absolute Gasteiger partial charge is 0.222 e. The zero-order valence-electron chi connectivity index (χ0n) is 10.2. The van der Waals surface area contributed by atoms with Crippen LogP contribution in [0.4, 0.5) is 0 Å². The van der Waals surface area contributed by atoms with E-state index in [1.54, 1.807) is 0 Å². The topological polar surface area (TPSA) is 46.3 Å². The molecule has 3 nitrogen and oxygen atoms in total. The van der Waals surface area contributed by atoms with Crippen LogP contribution in [-0.2, 0) is 4.79 Å². The number of carbonyl (C=O) groups is 1. The second-order valence-electron chi connectivity index (χ2n) is 5.33. The Hall–Kier alpha value is -0.570. The monoisotopic (exact) mass is 212 g/mol. The van der Waals surface area contributed by atoms with Crippen molar-refractivity contribution >= 4 is 5.91 Å². The fourth-order valence-corrected chi connectivity index (χ4v) is 2.17. The van der Waals surface area contributed by atoms with Gasteiger partial charge in [-0.25, -0.2) is 0 Å². The molecule has 2 unspecified atom stereocenters. The van der Waals surface area contributed by atoms with E-state index in [0.717, 1.165) is 25.9 Å². The minimum Gasteiger partial charge on any atom is -0.341 e. The molecule has 0 radical (unpaired) electrons. The number of nitrogens with two attached hydrogens (primary N) is 1.